The van der Waals surface area contributed by atoms with Gasteiger partial charge < -0.3 is 14.2 Å². The Hall–Kier alpha value is -4.43. The van der Waals surface area contributed by atoms with Crippen molar-refractivity contribution in [2.75, 3.05) is 13.2 Å². The van der Waals surface area contributed by atoms with Crippen LogP contribution in [-0.2, 0) is 9.53 Å². The number of thiazole rings is 1. The molecule has 0 spiro atoms. The predicted molar refractivity (Wildman–Crippen MR) is 161 cm³/mol. The van der Waals surface area contributed by atoms with Crippen molar-refractivity contribution in [2.24, 2.45) is 4.99 Å². The zero-order valence-electron chi connectivity index (χ0n) is 23.5. The first-order chi connectivity index (χ1) is 19.9. The van der Waals surface area contributed by atoms with Gasteiger partial charge in [-0.25, -0.2) is 9.79 Å². The number of carbonyl (C=O) groups is 1. The molecule has 0 saturated heterocycles. The third-order valence-electron chi connectivity index (χ3n) is 6.43. The molecule has 0 N–H and O–H groups in total. The van der Waals surface area contributed by atoms with E-state index in [-0.39, 0.29) is 18.3 Å². The van der Waals surface area contributed by atoms with Gasteiger partial charge in [-0.05, 0) is 69.2 Å². The van der Waals surface area contributed by atoms with E-state index in [1.165, 1.54) is 11.3 Å². The molecule has 2 heterocycles. The second-order valence-electron chi connectivity index (χ2n) is 9.67. The van der Waals surface area contributed by atoms with Gasteiger partial charge in [0.1, 0.15) is 11.5 Å². The van der Waals surface area contributed by atoms with Crippen molar-refractivity contribution in [3.63, 3.8) is 0 Å². The van der Waals surface area contributed by atoms with Crippen molar-refractivity contribution in [1.29, 1.82) is 0 Å². The third-order valence-corrected chi connectivity index (χ3v) is 7.41. The summed E-state index contributed by atoms with van der Waals surface area (Å²) in [5, 5.41) is 0. The van der Waals surface area contributed by atoms with Gasteiger partial charge in [-0.3, -0.25) is 9.36 Å². The summed E-state index contributed by atoms with van der Waals surface area (Å²) in [7, 11) is 0. The third kappa shape index (κ3) is 6.02. The van der Waals surface area contributed by atoms with Crippen molar-refractivity contribution in [3.05, 3.63) is 121 Å². The molecule has 5 rings (SSSR count). The number of esters is 1. The molecule has 41 heavy (non-hydrogen) atoms. The summed E-state index contributed by atoms with van der Waals surface area (Å²) in [6.45, 7) is 8.37. The highest BCUT2D eigenvalue weighted by atomic mass is 32.1. The largest absolute Gasteiger partial charge is 0.494 e. The Kier molecular flexibility index (Phi) is 8.50. The Balaban J connectivity index is 1.72. The summed E-state index contributed by atoms with van der Waals surface area (Å²) in [4.78, 5) is 33.0. The Morgan fingerprint density at radius 2 is 1.63 bits per heavy atom. The number of benzene rings is 3. The number of carbonyl (C=O) groups excluding carboxylic acids is 1. The molecule has 1 aliphatic rings. The second kappa shape index (κ2) is 12.4. The molecule has 0 radical (unpaired) electrons. The van der Waals surface area contributed by atoms with E-state index >= 15 is 0 Å². The molecule has 4 aromatic rings. The average molecular weight is 569 g/mol. The molecule has 1 aromatic heterocycles. The minimum atomic E-state index is -0.736. The van der Waals surface area contributed by atoms with E-state index in [4.69, 9.17) is 19.2 Å². The number of fused-ring (bicyclic) bond motifs is 1. The minimum Gasteiger partial charge on any atom is -0.494 e. The number of rotatable bonds is 9. The SMILES string of the molecule is CCOC(=O)C1=C(c2ccccc2)N=c2s/c(=C\c3ccc(OC(C)C)cc3)c(=O)n2[C@@H]1c1ccc(OCC)cc1. The van der Waals surface area contributed by atoms with Gasteiger partial charge in [0.05, 0.1) is 41.2 Å². The molecule has 0 saturated carbocycles. The Morgan fingerprint density at radius 1 is 0.951 bits per heavy atom. The first-order valence-corrected chi connectivity index (χ1v) is 14.5. The van der Waals surface area contributed by atoms with E-state index in [0.717, 1.165) is 22.4 Å². The number of hydrogen-bond donors (Lipinski definition) is 0. The van der Waals surface area contributed by atoms with Crippen LogP contribution in [0.5, 0.6) is 11.5 Å². The van der Waals surface area contributed by atoms with Gasteiger partial charge in [0.25, 0.3) is 5.56 Å². The second-order valence-corrected chi connectivity index (χ2v) is 10.7. The fourth-order valence-electron chi connectivity index (χ4n) is 4.73. The van der Waals surface area contributed by atoms with E-state index in [1.807, 2.05) is 106 Å². The van der Waals surface area contributed by atoms with E-state index in [2.05, 4.69) is 0 Å². The molecule has 3 aromatic carbocycles. The van der Waals surface area contributed by atoms with E-state index in [0.29, 0.717) is 33.0 Å². The number of ether oxygens (including phenoxy) is 3. The minimum absolute atomic E-state index is 0.0690. The van der Waals surface area contributed by atoms with Crippen molar-refractivity contribution in [1.82, 2.24) is 4.57 Å². The van der Waals surface area contributed by atoms with Crippen molar-refractivity contribution < 1.29 is 19.0 Å². The Morgan fingerprint density at radius 3 is 2.27 bits per heavy atom. The molecule has 210 valence electrons. The normalized spacial score (nSPS) is 15.0. The molecule has 0 aliphatic carbocycles. The van der Waals surface area contributed by atoms with Crippen LogP contribution in [0.15, 0.2) is 94.2 Å². The van der Waals surface area contributed by atoms with Gasteiger partial charge >= 0.3 is 5.97 Å². The zero-order valence-corrected chi connectivity index (χ0v) is 24.3. The van der Waals surface area contributed by atoms with E-state index < -0.39 is 12.0 Å². The summed E-state index contributed by atoms with van der Waals surface area (Å²) >= 11 is 1.29. The molecule has 8 heteroatoms. The Labute approximate surface area is 242 Å². The van der Waals surface area contributed by atoms with Gasteiger partial charge in [-0.2, -0.15) is 0 Å². The lowest BCUT2D eigenvalue weighted by molar-refractivity contribution is -0.138. The summed E-state index contributed by atoms with van der Waals surface area (Å²) in [6.07, 6.45) is 1.91. The molecular weight excluding hydrogens is 536 g/mol. The fourth-order valence-corrected chi connectivity index (χ4v) is 5.74. The highest BCUT2D eigenvalue weighted by Crippen LogP contribution is 2.35. The molecule has 0 unspecified atom stereocenters. The maximum atomic E-state index is 14.0. The van der Waals surface area contributed by atoms with Crippen LogP contribution in [-0.4, -0.2) is 29.9 Å². The molecule has 0 amide bonds. The highest BCUT2D eigenvalue weighted by molar-refractivity contribution is 7.07. The average Bonchev–Trinajstić information content (AvgIpc) is 3.28. The maximum Gasteiger partial charge on any atom is 0.338 e. The molecule has 0 fully saturated rings. The maximum absolute atomic E-state index is 14.0. The van der Waals surface area contributed by atoms with Gasteiger partial charge in [0.2, 0.25) is 0 Å². The standard InChI is InChI=1S/C33H32N2O5S/c1-5-38-25-18-14-24(15-19-25)30-28(32(37)39-6-2)29(23-10-8-7-9-11-23)34-33-35(30)31(36)27(41-33)20-22-12-16-26(17-13-22)40-21(3)4/h7-21,30H,5-6H2,1-4H3/b27-20-/t30-/m1/s1. The quantitative estimate of drug-likeness (QED) is 0.262. The lowest BCUT2D eigenvalue weighted by atomic mass is 9.93. The summed E-state index contributed by atoms with van der Waals surface area (Å²) in [6, 6.07) is 23.8. The van der Waals surface area contributed by atoms with Gasteiger partial charge in [0, 0.05) is 5.56 Å². The summed E-state index contributed by atoms with van der Waals surface area (Å²) in [5.74, 6) is 0.961. The lowest BCUT2D eigenvalue weighted by Gasteiger charge is -2.26. The van der Waals surface area contributed by atoms with E-state index in [9.17, 15) is 9.59 Å². The molecule has 1 atom stereocenters. The van der Waals surface area contributed by atoms with Crippen molar-refractivity contribution >= 4 is 29.1 Å². The molecule has 1 aliphatic heterocycles. The summed E-state index contributed by atoms with van der Waals surface area (Å²) in [5.41, 5.74) is 2.95. The van der Waals surface area contributed by atoms with Crippen LogP contribution in [0.4, 0.5) is 0 Å². The first-order valence-electron chi connectivity index (χ1n) is 13.7. The van der Waals surface area contributed by atoms with Crippen LogP contribution in [0.2, 0.25) is 0 Å². The van der Waals surface area contributed by atoms with Crippen LogP contribution in [0.25, 0.3) is 11.8 Å². The number of aromatic nitrogens is 1. The smallest absolute Gasteiger partial charge is 0.338 e. The van der Waals surface area contributed by atoms with Crippen LogP contribution >= 0.6 is 11.3 Å². The summed E-state index contributed by atoms with van der Waals surface area (Å²) < 4.78 is 19.0. The Bertz CT molecular complexity index is 1730. The van der Waals surface area contributed by atoms with Crippen LogP contribution in [0.3, 0.4) is 0 Å². The topological polar surface area (TPSA) is 79.1 Å². The van der Waals surface area contributed by atoms with Crippen LogP contribution in [0.1, 0.15) is 50.4 Å². The van der Waals surface area contributed by atoms with Crippen LogP contribution in [0, 0.1) is 0 Å². The lowest BCUT2D eigenvalue weighted by Crippen LogP contribution is -2.40. The van der Waals surface area contributed by atoms with Crippen LogP contribution < -0.4 is 24.4 Å². The van der Waals surface area contributed by atoms with Gasteiger partial charge in [-0.15, -0.1) is 0 Å². The molecule has 7 nitrogen and oxygen atoms in total. The van der Waals surface area contributed by atoms with Crippen molar-refractivity contribution in [2.45, 2.75) is 39.8 Å². The molecular formula is C33H32N2O5S. The van der Waals surface area contributed by atoms with E-state index in [1.54, 1.807) is 11.5 Å². The monoisotopic (exact) mass is 568 g/mol. The predicted octanol–water partition coefficient (Wildman–Crippen LogP) is 5.12. The first kappa shape index (κ1) is 28.1. The van der Waals surface area contributed by atoms with Gasteiger partial charge in [0.15, 0.2) is 4.80 Å². The van der Waals surface area contributed by atoms with Gasteiger partial charge in [-0.1, -0.05) is 65.9 Å². The highest BCUT2D eigenvalue weighted by Gasteiger charge is 2.35. The van der Waals surface area contributed by atoms with Crippen molar-refractivity contribution in [3.8, 4) is 11.5 Å². The number of hydrogen-bond acceptors (Lipinski definition) is 7. The fraction of sp³-hybridized carbons (Fsp3) is 0.242. The zero-order chi connectivity index (χ0) is 28.9. The molecule has 0 bridgehead atoms. The number of nitrogens with zero attached hydrogens (tertiary/aromatic N) is 2.